The van der Waals surface area contributed by atoms with Gasteiger partial charge in [-0.05, 0) is 40.8 Å². The lowest BCUT2D eigenvalue weighted by molar-refractivity contribution is 0.624. The lowest BCUT2D eigenvalue weighted by Crippen LogP contribution is -2.02. The van der Waals surface area contributed by atoms with Gasteiger partial charge in [-0.1, -0.05) is 0 Å². The molecule has 6 heteroatoms. The number of hydrogen-bond donors (Lipinski definition) is 1. The van der Waals surface area contributed by atoms with Crippen LogP contribution in [0.15, 0.2) is 24.4 Å². The Hall–Kier alpha value is -1.18. The van der Waals surface area contributed by atoms with Crippen LogP contribution in [0, 0.1) is 9.39 Å². The molecule has 14 heavy (non-hydrogen) atoms. The van der Waals surface area contributed by atoms with Crippen LogP contribution in [-0.4, -0.2) is 15.0 Å². The molecule has 0 aliphatic rings. The van der Waals surface area contributed by atoms with Crippen LogP contribution in [0.1, 0.15) is 0 Å². The molecule has 0 fully saturated rings. The number of anilines is 1. The van der Waals surface area contributed by atoms with E-state index in [0.29, 0.717) is 11.5 Å². The zero-order chi connectivity index (χ0) is 10.1. The zero-order valence-corrected chi connectivity index (χ0v) is 9.14. The van der Waals surface area contributed by atoms with Crippen LogP contribution in [0.5, 0.6) is 0 Å². The molecule has 0 atom stereocenters. The predicted molar refractivity (Wildman–Crippen MR) is 58.4 cm³/mol. The van der Waals surface area contributed by atoms with Gasteiger partial charge < -0.3 is 5.73 Å². The molecular formula is C8H6FIN4. The van der Waals surface area contributed by atoms with Crippen molar-refractivity contribution in [1.29, 1.82) is 0 Å². The van der Waals surface area contributed by atoms with Crippen molar-refractivity contribution >= 4 is 28.4 Å². The summed E-state index contributed by atoms with van der Waals surface area (Å²) >= 11 is 2.02. The Bertz CT molecular complexity index is 468. The minimum absolute atomic E-state index is 0.279. The average molecular weight is 304 g/mol. The molecule has 0 saturated carbocycles. The van der Waals surface area contributed by atoms with Crippen LogP contribution in [0.3, 0.4) is 0 Å². The molecule has 2 aromatic rings. The van der Waals surface area contributed by atoms with Crippen LogP contribution in [0.25, 0.3) is 5.69 Å². The fourth-order valence-electron chi connectivity index (χ4n) is 1.03. The number of benzene rings is 1. The van der Waals surface area contributed by atoms with E-state index >= 15 is 0 Å². The molecule has 0 amide bonds. The summed E-state index contributed by atoms with van der Waals surface area (Å²) < 4.78 is 13.5. The molecule has 2 rings (SSSR count). The molecule has 1 aromatic heterocycles. The van der Waals surface area contributed by atoms with Gasteiger partial charge in [0.2, 0.25) is 0 Å². The molecule has 0 unspecified atom stereocenters. The molecule has 2 N–H and O–H groups in total. The number of rotatable bonds is 1. The van der Waals surface area contributed by atoms with E-state index in [1.54, 1.807) is 6.07 Å². The number of halogens is 2. The van der Waals surface area contributed by atoms with E-state index in [1.165, 1.54) is 23.1 Å². The van der Waals surface area contributed by atoms with Gasteiger partial charge in [0.1, 0.15) is 5.82 Å². The highest BCUT2D eigenvalue weighted by atomic mass is 127. The zero-order valence-electron chi connectivity index (χ0n) is 6.98. The van der Waals surface area contributed by atoms with Gasteiger partial charge in [0.25, 0.3) is 0 Å². The van der Waals surface area contributed by atoms with Crippen LogP contribution >= 0.6 is 22.6 Å². The fraction of sp³-hybridized carbons (Fsp3) is 0. The van der Waals surface area contributed by atoms with E-state index in [0.717, 1.165) is 3.57 Å². The van der Waals surface area contributed by atoms with E-state index in [9.17, 15) is 4.39 Å². The highest BCUT2D eigenvalue weighted by molar-refractivity contribution is 14.1. The van der Waals surface area contributed by atoms with E-state index in [2.05, 4.69) is 10.2 Å². The lowest BCUT2D eigenvalue weighted by Gasteiger charge is -2.01. The van der Waals surface area contributed by atoms with Gasteiger partial charge >= 0.3 is 0 Å². The summed E-state index contributed by atoms with van der Waals surface area (Å²) in [7, 11) is 0. The number of nitrogens with zero attached hydrogens (tertiary/aromatic N) is 3. The van der Waals surface area contributed by atoms with Gasteiger partial charge in [-0.3, -0.25) is 0 Å². The van der Waals surface area contributed by atoms with Crippen molar-refractivity contribution in [2.75, 3.05) is 5.73 Å². The van der Waals surface area contributed by atoms with Crippen molar-refractivity contribution in [3.63, 3.8) is 0 Å². The number of nitrogen functional groups attached to an aromatic ring is 1. The third-order valence-corrected chi connectivity index (χ3v) is 2.50. The predicted octanol–water partition coefficient (Wildman–Crippen LogP) is 1.59. The summed E-state index contributed by atoms with van der Waals surface area (Å²) in [6.45, 7) is 0. The van der Waals surface area contributed by atoms with Gasteiger partial charge in [0.15, 0.2) is 5.82 Å². The second-order valence-electron chi connectivity index (χ2n) is 2.65. The molecule has 72 valence electrons. The maximum atomic E-state index is 12.8. The minimum Gasteiger partial charge on any atom is -0.381 e. The first-order chi connectivity index (χ1) is 6.66. The maximum Gasteiger partial charge on any atom is 0.166 e. The number of nitrogens with two attached hydrogens (primary N) is 1. The molecule has 0 spiro atoms. The number of hydrogen-bond acceptors (Lipinski definition) is 3. The van der Waals surface area contributed by atoms with Crippen molar-refractivity contribution < 1.29 is 4.39 Å². The van der Waals surface area contributed by atoms with Crippen molar-refractivity contribution in [3.8, 4) is 5.69 Å². The molecular weight excluding hydrogens is 298 g/mol. The summed E-state index contributed by atoms with van der Waals surface area (Å²) in [4.78, 5) is 1.37. The summed E-state index contributed by atoms with van der Waals surface area (Å²) in [5, 5.41) is 7.86. The molecule has 1 heterocycles. The van der Waals surface area contributed by atoms with E-state index in [4.69, 9.17) is 5.73 Å². The van der Waals surface area contributed by atoms with Gasteiger partial charge in [0.05, 0.1) is 11.9 Å². The molecule has 1 aromatic carbocycles. The first-order valence-corrected chi connectivity index (χ1v) is 4.88. The third-order valence-electron chi connectivity index (χ3n) is 1.63. The van der Waals surface area contributed by atoms with Gasteiger partial charge in [-0.15, -0.1) is 9.90 Å². The Morgan fingerprint density at radius 2 is 2.21 bits per heavy atom. The van der Waals surface area contributed by atoms with Crippen LogP contribution in [0.2, 0.25) is 0 Å². The molecule has 0 bridgehead atoms. The van der Waals surface area contributed by atoms with Crippen LogP contribution in [-0.2, 0) is 0 Å². The topological polar surface area (TPSA) is 56.7 Å². The second-order valence-corrected chi connectivity index (χ2v) is 3.82. The maximum absolute atomic E-state index is 12.8. The van der Waals surface area contributed by atoms with Crippen molar-refractivity contribution in [1.82, 2.24) is 15.0 Å². The average Bonchev–Trinajstić information content (AvgIpc) is 2.51. The Morgan fingerprint density at radius 1 is 1.43 bits per heavy atom. The van der Waals surface area contributed by atoms with Crippen molar-refractivity contribution in [2.24, 2.45) is 0 Å². The molecule has 0 aliphatic heterocycles. The Kier molecular flexibility index (Phi) is 2.36. The van der Waals surface area contributed by atoms with Crippen LogP contribution in [0.4, 0.5) is 10.2 Å². The highest BCUT2D eigenvalue weighted by Gasteiger charge is 2.05. The summed E-state index contributed by atoms with van der Waals surface area (Å²) in [6, 6.07) is 4.38. The lowest BCUT2D eigenvalue weighted by atomic mass is 10.3. The largest absolute Gasteiger partial charge is 0.381 e. The monoisotopic (exact) mass is 304 g/mol. The van der Waals surface area contributed by atoms with Crippen molar-refractivity contribution in [3.05, 3.63) is 33.8 Å². The normalized spacial score (nSPS) is 10.4. The molecule has 0 saturated heterocycles. The van der Waals surface area contributed by atoms with E-state index < -0.39 is 0 Å². The molecule has 0 radical (unpaired) electrons. The van der Waals surface area contributed by atoms with Gasteiger partial charge in [0, 0.05) is 3.57 Å². The summed E-state index contributed by atoms with van der Waals surface area (Å²) in [6.07, 6.45) is 1.44. The first-order valence-electron chi connectivity index (χ1n) is 3.80. The molecule has 4 nitrogen and oxygen atoms in total. The standard InChI is InChI=1S/C8H6FIN4/c9-5-1-2-7(6(10)3-5)14-12-4-8(11)13-14/h1-4H,(H2,11,13). The Balaban J connectivity index is 2.52. The number of aromatic nitrogens is 3. The SMILES string of the molecule is Nc1cnn(-c2ccc(F)cc2I)n1. The van der Waals surface area contributed by atoms with E-state index in [-0.39, 0.29) is 5.82 Å². The summed E-state index contributed by atoms with van der Waals surface area (Å²) in [5.41, 5.74) is 6.14. The molecule has 0 aliphatic carbocycles. The second kappa shape index (κ2) is 3.52. The third kappa shape index (κ3) is 1.69. The first kappa shape index (κ1) is 9.38. The van der Waals surface area contributed by atoms with Gasteiger partial charge in [-0.25, -0.2) is 4.39 Å². The highest BCUT2D eigenvalue weighted by Crippen LogP contribution is 2.16. The Labute approximate surface area is 93.1 Å². The van der Waals surface area contributed by atoms with Crippen molar-refractivity contribution in [2.45, 2.75) is 0 Å². The summed E-state index contributed by atoms with van der Waals surface area (Å²) in [5.74, 6) is 0.0587. The quantitative estimate of drug-likeness (QED) is 0.814. The fourth-order valence-corrected chi connectivity index (χ4v) is 1.73. The smallest absolute Gasteiger partial charge is 0.166 e. The Morgan fingerprint density at radius 3 is 2.79 bits per heavy atom. The minimum atomic E-state index is -0.279. The van der Waals surface area contributed by atoms with Crippen LogP contribution < -0.4 is 5.73 Å². The van der Waals surface area contributed by atoms with E-state index in [1.807, 2.05) is 22.6 Å². The van der Waals surface area contributed by atoms with Gasteiger partial charge in [-0.2, -0.15) is 5.10 Å².